The van der Waals surface area contributed by atoms with Crippen molar-refractivity contribution in [1.29, 1.82) is 5.26 Å². The summed E-state index contributed by atoms with van der Waals surface area (Å²) in [5, 5.41) is 16.8. The third kappa shape index (κ3) is 3.57. The number of hydrogen-bond acceptors (Lipinski definition) is 2. The normalized spacial score (nSPS) is 11.8. The number of aromatic nitrogens is 2. The van der Waals surface area contributed by atoms with Gasteiger partial charge in [-0.25, -0.2) is 0 Å². The maximum Gasteiger partial charge on any atom is 0.160 e. The molecule has 0 bridgehead atoms. The van der Waals surface area contributed by atoms with Gasteiger partial charge in [0.15, 0.2) is 5.58 Å². The molecule has 7 aromatic carbocycles. The summed E-state index contributed by atoms with van der Waals surface area (Å²) in [6.07, 6.45) is 0. The number of fused-ring (bicyclic) bond motifs is 10. The van der Waals surface area contributed by atoms with Crippen LogP contribution in [0.25, 0.3) is 88.1 Å². The van der Waals surface area contributed by atoms with Gasteiger partial charge in [0, 0.05) is 49.1 Å². The van der Waals surface area contributed by atoms with Crippen LogP contribution < -0.4 is 0 Å². The van der Waals surface area contributed by atoms with Crippen LogP contribution in [0.5, 0.6) is 0 Å². The van der Waals surface area contributed by atoms with Crippen molar-refractivity contribution in [3.8, 4) is 28.6 Å². The van der Waals surface area contributed by atoms with Crippen molar-refractivity contribution in [2.45, 2.75) is 0 Å². The van der Waals surface area contributed by atoms with Gasteiger partial charge in [-0.1, -0.05) is 103 Å². The largest absolute Gasteiger partial charge is 0.453 e. The highest BCUT2D eigenvalue weighted by atomic mass is 16.3. The number of nitrogens with zero attached hydrogens (tertiary/aromatic N) is 3. The molecule has 218 valence electrons. The van der Waals surface area contributed by atoms with Gasteiger partial charge in [-0.15, -0.1) is 0 Å². The first-order valence-corrected chi connectivity index (χ1v) is 15.8. The van der Waals surface area contributed by atoms with Gasteiger partial charge in [-0.3, -0.25) is 0 Å². The first kappa shape index (κ1) is 25.7. The van der Waals surface area contributed by atoms with E-state index in [1.807, 2.05) is 18.2 Å². The summed E-state index contributed by atoms with van der Waals surface area (Å²) in [4.78, 5) is 0. The lowest BCUT2D eigenvalue weighted by Gasteiger charge is -2.15. The van der Waals surface area contributed by atoms with E-state index in [-0.39, 0.29) is 0 Å². The minimum absolute atomic E-state index is 0.608. The number of hydrogen-bond donors (Lipinski definition) is 0. The standard InChI is InChI=1S/C43H25N3O/c44-26-27-21-22-32(40(25-27)46-38-19-8-4-13-29(38)30-14-5-9-20-39(30)46)34-16-10-17-35-36-24-23-33-31-15-6-7-18-37(31)45(28-11-2-1-3-12-28)41(33)43(36)47-42(34)35/h1-25H. The fourth-order valence-corrected chi connectivity index (χ4v) is 7.56. The van der Waals surface area contributed by atoms with Crippen molar-refractivity contribution in [3.05, 3.63) is 157 Å². The molecule has 0 saturated carbocycles. The van der Waals surface area contributed by atoms with E-state index in [1.165, 1.54) is 16.2 Å². The molecule has 0 amide bonds. The Bertz CT molecular complexity index is 2860. The average Bonchev–Trinajstić information content (AvgIpc) is 3.80. The second-order valence-corrected chi connectivity index (χ2v) is 12.0. The smallest absolute Gasteiger partial charge is 0.160 e. The molecule has 0 aliphatic heterocycles. The van der Waals surface area contributed by atoms with Crippen LogP contribution in [0.3, 0.4) is 0 Å². The molecule has 47 heavy (non-hydrogen) atoms. The Morgan fingerprint density at radius 2 is 1.02 bits per heavy atom. The Labute approximate surface area is 269 Å². The molecule has 10 aromatic rings. The quantitative estimate of drug-likeness (QED) is 0.203. The minimum atomic E-state index is 0.608. The van der Waals surface area contributed by atoms with E-state index in [1.54, 1.807) is 0 Å². The van der Waals surface area contributed by atoms with Crippen molar-refractivity contribution < 1.29 is 4.42 Å². The van der Waals surface area contributed by atoms with E-state index in [2.05, 4.69) is 149 Å². The average molecular weight is 600 g/mol. The van der Waals surface area contributed by atoms with Crippen LogP contribution in [0.15, 0.2) is 156 Å². The predicted octanol–water partition coefficient (Wildman–Crippen LogP) is 11.3. The number of furan rings is 1. The molecule has 0 unspecified atom stereocenters. The van der Waals surface area contributed by atoms with E-state index in [0.29, 0.717) is 5.56 Å². The molecule has 10 rings (SSSR count). The van der Waals surface area contributed by atoms with Gasteiger partial charge in [0.2, 0.25) is 0 Å². The second kappa shape index (κ2) is 9.71. The minimum Gasteiger partial charge on any atom is -0.453 e. The molecule has 0 radical (unpaired) electrons. The van der Waals surface area contributed by atoms with Crippen LogP contribution in [0, 0.1) is 11.3 Å². The Hall–Kier alpha value is -6.57. The van der Waals surface area contributed by atoms with Gasteiger partial charge in [-0.2, -0.15) is 5.26 Å². The summed E-state index contributed by atoms with van der Waals surface area (Å²) in [5.74, 6) is 0. The SMILES string of the molecule is N#Cc1ccc(-c2cccc3c2oc2c3ccc3c4ccccc4n(-c4ccccc4)c32)c(-n2c3ccccc3c3ccccc32)c1. The third-order valence-corrected chi connectivity index (χ3v) is 9.55. The highest BCUT2D eigenvalue weighted by Gasteiger charge is 2.22. The van der Waals surface area contributed by atoms with Crippen molar-refractivity contribution in [2.75, 3.05) is 0 Å². The Morgan fingerprint density at radius 3 is 1.72 bits per heavy atom. The predicted molar refractivity (Wildman–Crippen MR) is 193 cm³/mol. The van der Waals surface area contributed by atoms with Crippen LogP contribution in [-0.2, 0) is 0 Å². The molecule has 3 aromatic heterocycles. The van der Waals surface area contributed by atoms with E-state index >= 15 is 0 Å². The van der Waals surface area contributed by atoms with Gasteiger partial charge in [0.25, 0.3) is 0 Å². The number of rotatable bonds is 3. The van der Waals surface area contributed by atoms with Crippen molar-refractivity contribution in [3.63, 3.8) is 0 Å². The number of para-hydroxylation sites is 5. The maximum absolute atomic E-state index is 10.0. The molecule has 0 spiro atoms. The molecular weight excluding hydrogens is 574 g/mol. The summed E-state index contributed by atoms with van der Waals surface area (Å²) in [6, 6.07) is 55.1. The third-order valence-electron chi connectivity index (χ3n) is 9.55. The van der Waals surface area contributed by atoms with Crippen LogP contribution in [0.4, 0.5) is 0 Å². The van der Waals surface area contributed by atoms with Gasteiger partial charge in [-0.05, 0) is 48.5 Å². The summed E-state index contributed by atoms with van der Waals surface area (Å²) in [7, 11) is 0. The Kier molecular flexibility index (Phi) is 5.32. The van der Waals surface area contributed by atoms with Crippen LogP contribution in [-0.4, -0.2) is 9.13 Å². The van der Waals surface area contributed by atoms with Crippen LogP contribution in [0.2, 0.25) is 0 Å². The lowest BCUT2D eigenvalue weighted by Crippen LogP contribution is -1.98. The van der Waals surface area contributed by atoms with Gasteiger partial charge >= 0.3 is 0 Å². The fourth-order valence-electron chi connectivity index (χ4n) is 7.56. The molecule has 0 fully saturated rings. The van der Waals surface area contributed by atoms with Crippen molar-refractivity contribution in [2.24, 2.45) is 0 Å². The Morgan fingerprint density at radius 1 is 0.447 bits per heavy atom. The van der Waals surface area contributed by atoms with Crippen LogP contribution in [0.1, 0.15) is 5.56 Å². The molecule has 3 heterocycles. The lowest BCUT2D eigenvalue weighted by molar-refractivity contribution is 0.672. The zero-order chi connectivity index (χ0) is 31.1. The maximum atomic E-state index is 10.0. The summed E-state index contributed by atoms with van der Waals surface area (Å²) in [6.45, 7) is 0. The van der Waals surface area contributed by atoms with E-state index in [4.69, 9.17) is 4.42 Å². The summed E-state index contributed by atoms with van der Waals surface area (Å²) in [5.41, 5.74) is 10.7. The molecular formula is C43H25N3O. The number of nitriles is 1. The van der Waals surface area contributed by atoms with Crippen molar-refractivity contribution in [1.82, 2.24) is 9.13 Å². The van der Waals surface area contributed by atoms with Crippen LogP contribution >= 0.6 is 0 Å². The first-order valence-electron chi connectivity index (χ1n) is 15.8. The zero-order valence-electron chi connectivity index (χ0n) is 25.2. The second-order valence-electron chi connectivity index (χ2n) is 12.0. The highest BCUT2D eigenvalue weighted by Crippen LogP contribution is 2.44. The van der Waals surface area contributed by atoms with Gasteiger partial charge < -0.3 is 13.6 Å². The lowest BCUT2D eigenvalue weighted by atomic mass is 9.98. The van der Waals surface area contributed by atoms with E-state index in [0.717, 1.165) is 71.9 Å². The first-order chi connectivity index (χ1) is 23.3. The number of benzene rings is 7. The summed E-state index contributed by atoms with van der Waals surface area (Å²) >= 11 is 0. The summed E-state index contributed by atoms with van der Waals surface area (Å²) < 4.78 is 11.7. The van der Waals surface area contributed by atoms with E-state index in [9.17, 15) is 5.26 Å². The Balaban J connectivity index is 1.32. The fraction of sp³-hybridized carbons (Fsp3) is 0. The highest BCUT2D eigenvalue weighted by molar-refractivity contribution is 6.22. The molecule has 4 heteroatoms. The van der Waals surface area contributed by atoms with Gasteiger partial charge in [0.1, 0.15) is 5.58 Å². The van der Waals surface area contributed by atoms with Crippen molar-refractivity contribution >= 4 is 65.6 Å². The molecule has 4 nitrogen and oxygen atoms in total. The molecule has 0 N–H and O–H groups in total. The molecule has 0 aliphatic rings. The molecule has 0 saturated heterocycles. The van der Waals surface area contributed by atoms with E-state index < -0.39 is 0 Å². The molecule has 0 aliphatic carbocycles. The monoisotopic (exact) mass is 599 g/mol. The topological polar surface area (TPSA) is 46.8 Å². The molecule has 0 atom stereocenters. The zero-order valence-corrected chi connectivity index (χ0v) is 25.2. The van der Waals surface area contributed by atoms with Gasteiger partial charge in [0.05, 0.1) is 39.4 Å².